The van der Waals surface area contributed by atoms with Crippen molar-refractivity contribution in [1.82, 2.24) is 0 Å². The van der Waals surface area contributed by atoms with Gasteiger partial charge in [-0.1, -0.05) is 93.9 Å². The molecule has 1 aromatic heterocycles. The highest BCUT2D eigenvalue weighted by Gasteiger charge is 2.72. The predicted octanol–water partition coefficient (Wildman–Crippen LogP) is 9.24. The number of ether oxygens (including phenoxy) is 2. The van der Waals surface area contributed by atoms with Crippen molar-refractivity contribution in [3.05, 3.63) is 106 Å². The molecule has 0 aliphatic heterocycles. The quantitative estimate of drug-likeness (QED) is 0.233. The molecule has 9 nitrogen and oxygen atoms in total. The summed E-state index contributed by atoms with van der Waals surface area (Å²) < 4.78 is 22.3. The van der Waals surface area contributed by atoms with Gasteiger partial charge in [0.15, 0.2) is 30.0 Å². The van der Waals surface area contributed by atoms with Gasteiger partial charge >= 0.3 is 17.8 Å². The third-order valence-corrected chi connectivity index (χ3v) is 16.7. The number of allylic oxidation sites excluding steroid dienone is 2. The molecule has 4 saturated carbocycles. The molecule has 9 heteroatoms. The SMILES string of the molecule is Cc1oc(=O)oc1COC(=O)[C@@]1(C)[C@@H]2CC[C@]3(C)[C@H](C(=O)C=C4[C@@H]5C[C@@](C)(C(=O)OC(c6ccccc6)c6ccccc6)CC[C@]5(C)CC[C@]43C)[C@@]2(C)CC[C@@H]1O. The molecule has 2 aromatic carbocycles. The maximum atomic E-state index is 15.0. The first kappa shape index (κ1) is 39.6. The number of rotatable bonds is 7. The van der Waals surface area contributed by atoms with Gasteiger partial charge in [0.1, 0.15) is 0 Å². The Morgan fingerprint density at radius 2 is 1.44 bits per heavy atom. The first-order valence-corrected chi connectivity index (χ1v) is 20.9. The van der Waals surface area contributed by atoms with Gasteiger partial charge in [-0.3, -0.25) is 14.4 Å². The fourth-order valence-corrected chi connectivity index (χ4v) is 12.9. The standard InChI is InChI=1S/C48H58O9/c1-29-35(56-42(53)55-29)28-54-41(52)48(7)36-18-21-47(6)39(45(36,4)20-19-37(48)50)34(49)26-32-33-27-44(3,23-22-43(33,2)24-25-46(32,47)5)40(51)57-38(30-14-10-8-11-15-30)31-16-12-9-13-17-31/h8-17,26,33,36-39,50H,18-25,27-28H2,1-7H3/t33-,36+,37-,39+,43+,44-,45-,46+,47+,48-/m0/s1. The molecule has 1 N–H and O–H groups in total. The average molecular weight is 779 g/mol. The van der Waals surface area contributed by atoms with Crippen molar-refractivity contribution in [3.8, 4) is 0 Å². The Morgan fingerprint density at radius 1 is 0.807 bits per heavy atom. The maximum Gasteiger partial charge on any atom is 0.519 e. The number of fused-ring (bicyclic) bond motifs is 7. The van der Waals surface area contributed by atoms with E-state index in [0.29, 0.717) is 32.1 Å². The fourth-order valence-electron chi connectivity index (χ4n) is 12.9. The second-order valence-electron chi connectivity index (χ2n) is 19.7. The van der Waals surface area contributed by atoms with Gasteiger partial charge in [-0.25, -0.2) is 4.79 Å². The van der Waals surface area contributed by atoms with E-state index < -0.39 is 45.7 Å². The van der Waals surface area contributed by atoms with E-state index in [4.69, 9.17) is 18.3 Å². The number of hydrogen-bond donors (Lipinski definition) is 1. The zero-order valence-corrected chi connectivity index (χ0v) is 34.5. The molecule has 8 rings (SSSR count). The lowest BCUT2D eigenvalue weighted by Crippen LogP contribution is -2.68. The van der Waals surface area contributed by atoms with Gasteiger partial charge in [0.05, 0.1) is 16.9 Å². The molecule has 0 radical (unpaired) electrons. The van der Waals surface area contributed by atoms with E-state index in [1.165, 1.54) is 5.57 Å². The highest BCUT2D eigenvalue weighted by atomic mass is 16.6. The minimum absolute atomic E-state index is 0.0292. The summed E-state index contributed by atoms with van der Waals surface area (Å²) in [6.45, 7) is 14.3. The van der Waals surface area contributed by atoms with E-state index in [1.54, 1.807) is 13.8 Å². The number of aryl methyl sites for hydroxylation is 1. The average Bonchev–Trinajstić information content (AvgIpc) is 3.52. The van der Waals surface area contributed by atoms with Crippen molar-refractivity contribution in [1.29, 1.82) is 0 Å². The van der Waals surface area contributed by atoms with E-state index in [-0.39, 0.29) is 58.5 Å². The summed E-state index contributed by atoms with van der Waals surface area (Å²) in [5.41, 5.74) is -0.351. The molecule has 57 heavy (non-hydrogen) atoms. The van der Waals surface area contributed by atoms with E-state index in [1.807, 2.05) is 66.7 Å². The van der Waals surface area contributed by atoms with E-state index in [9.17, 15) is 19.5 Å². The van der Waals surface area contributed by atoms with Gasteiger partial charge in [0.25, 0.3) is 0 Å². The van der Waals surface area contributed by atoms with Crippen LogP contribution in [0.15, 0.2) is 85.9 Å². The number of carbonyl (C=O) groups excluding carboxylic acids is 3. The smallest absolute Gasteiger partial charge is 0.457 e. The molecular formula is C48H58O9. The molecular weight excluding hydrogens is 721 g/mol. The lowest BCUT2D eigenvalue weighted by Gasteiger charge is -2.70. The van der Waals surface area contributed by atoms with Crippen molar-refractivity contribution < 1.29 is 37.8 Å². The van der Waals surface area contributed by atoms with Crippen LogP contribution in [-0.2, 0) is 30.5 Å². The Bertz CT molecular complexity index is 2110. The molecule has 4 fully saturated rings. The molecule has 0 spiro atoms. The van der Waals surface area contributed by atoms with E-state index >= 15 is 4.79 Å². The Hall–Kier alpha value is -4.24. The first-order chi connectivity index (χ1) is 26.9. The predicted molar refractivity (Wildman–Crippen MR) is 212 cm³/mol. The van der Waals surface area contributed by atoms with Crippen LogP contribution in [0.1, 0.15) is 128 Å². The molecule has 0 bridgehead atoms. The van der Waals surface area contributed by atoms with Crippen molar-refractivity contribution in [3.63, 3.8) is 0 Å². The van der Waals surface area contributed by atoms with Crippen LogP contribution < -0.4 is 5.82 Å². The number of hydrogen-bond acceptors (Lipinski definition) is 9. The topological polar surface area (TPSA) is 133 Å². The molecule has 10 atom stereocenters. The number of esters is 2. The largest absolute Gasteiger partial charge is 0.519 e. The van der Waals surface area contributed by atoms with Gasteiger partial charge in [0.2, 0.25) is 0 Å². The summed E-state index contributed by atoms with van der Waals surface area (Å²) >= 11 is 0. The molecule has 3 aromatic rings. The first-order valence-electron chi connectivity index (χ1n) is 20.9. The van der Waals surface area contributed by atoms with Crippen LogP contribution in [0.25, 0.3) is 0 Å². The number of aliphatic hydroxyl groups excluding tert-OH is 1. The molecule has 1 heterocycles. The molecule has 5 aliphatic rings. The molecule has 304 valence electrons. The summed E-state index contributed by atoms with van der Waals surface area (Å²) in [5, 5.41) is 11.6. The van der Waals surface area contributed by atoms with Crippen LogP contribution in [-0.4, -0.2) is 28.9 Å². The number of ketones is 1. The van der Waals surface area contributed by atoms with Gasteiger partial charge in [0, 0.05) is 5.92 Å². The normalized spacial score (nSPS) is 38.5. The summed E-state index contributed by atoms with van der Waals surface area (Å²) in [7, 11) is 0. The van der Waals surface area contributed by atoms with Crippen LogP contribution in [0.3, 0.4) is 0 Å². The van der Waals surface area contributed by atoms with Crippen molar-refractivity contribution >= 4 is 17.7 Å². The lowest BCUT2D eigenvalue weighted by atomic mass is 9.33. The monoisotopic (exact) mass is 778 g/mol. The van der Waals surface area contributed by atoms with Crippen LogP contribution in [0.2, 0.25) is 0 Å². The minimum atomic E-state index is -1.27. The second kappa shape index (κ2) is 13.7. The van der Waals surface area contributed by atoms with E-state index in [0.717, 1.165) is 36.8 Å². The highest BCUT2D eigenvalue weighted by Crippen LogP contribution is 2.75. The van der Waals surface area contributed by atoms with E-state index in [2.05, 4.69) is 34.6 Å². The van der Waals surface area contributed by atoms with Crippen molar-refractivity contribution in [2.24, 2.45) is 50.2 Å². The third kappa shape index (κ3) is 5.95. The van der Waals surface area contributed by atoms with Crippen molar-refractivity contribution in [2.45, 2.75) is 125 Å². The summed E-state index contributed by atoms with van der Waals surface area (Å²) in [6.07, 6.45) is 6.94. The maximum absolute atomic E-state index is 15.0. The van der Waals surface area contributed by atoms with Crippen LogP contribution in [0.5, 0.6) is 0 Å². The Kier molecular flexibility index (Phi) is 9.49. The van der Waals surface area contributed by atoms with Crippen LogP contribution in [0.4, 0.5) is 0 Å². The molecule has 5 aliphatic carbocycles. The minimum Gasteiger partial charge on any atom is -0.457 e. The number of benzene rings is 2. The zero-order chi connectivity index (χ0) is 40.8. The van der Waals surface area contributed by atoms with Crippen LogP contribution >= 0.6 is 0 Å². The Morgan fingerprint density at radius 3 is 2.05 bits per heavy atom. The highest BCUT2D eigenvalue weighted by molar-refractivity contribution is 5.96. The Labute approximate surface area is 335 Å². The fraction of sp³-hybridized carbons (Fsp3) is 0.583. The second-order valence-corrected chi connectivity index (χ2v) is 19.7. The van der Waals surface area contributed by atoms with Crippen molar-refractivity contribution in [2.75, 3.05) is 0 Å². The van der Waals surface area contributed by atoms with Gasteiger partial charge in [-0.2, -0.15) is 0 Å². The summed E-state index contributed by atoms with van der Waals surface area (Å²) in [5.74, 6) is -1.81. The Balaban J connectivity index is 1.10. The molecule has 0 amide bonds. The van der Waals surface area contributed by atoms with Gasteiger partial charge in [-0.05, 0) is 129 Å². The molecule has 0 saturated heterocycles. The van der Waals surface area contributed by atoms with Crippen LogP contribution in [0, 0.1) is 57.2 Å². The van der Waals surface area contributed by atoms with Gasteiger partial charge in [-0.15, -0.1) is 0 Å². The number of carbonyl (C=O) groups is 3. The molecule has 0 unspecified atom stereocenters. The third-order valence-electron chi connectivity index (χ3n) is 16.7. The zero-order valence-electron chi connectivity index (χ0n) is 34.5. The summed E-state index contributed by atoms with van der Waals surface area (Å²) in [6, 6.07) is 19.8. The summed E-state index contributed by atoms with van der Waals surface area (Å²) in [4.78, 5) is 55.3. The van der Waals surface area contributed by atoms with Gasteiger partial charge < -0.3 is 23.4 Å². The lowest BCUT2D eigenvalue weighted by molar-refractivity contribution is -0.218. The number of aliphatic hydroxyl groups is 1.